The Hall–Kier alpha value is -1.83. The van der Waals surface area contributed by atoms with Crippen LogP contribution < -0.4 is 5.32 Å². The Balaban J connectivity index is 2.25. The van der Waals surface area contributed by atoms with E-state index in [4.69, 9.17) is 0 Å². The number of hydrogen-bond donors (Lipinski definition) is 1. The molecule has 100 valence electrons. The Bertz CT molecular complexity index is 570. The molecule has 0 aromatic heterocycles. The number of rotatable bonds is 3. The van der Waals surface area contributed by atoms with Crippen molar-refractivity contribution in [3.63, 3.8) is 0 Å². The van der Waals surface area contributed by atoms with Gasteiger partial charge < -0.3 is 5.32 Å². The van der Waals surface area contributed by atoms with Crippen LogP contribution in [0.1, 0.15) is 35.2 Å². The average molecular weight is 257 g/mol. The predicted molar refractivity (Wildman–Crippen MR) is 79.1 cm³/mol. The Morgan fingerprint density at radius 3 is 2.37 bits per heavy atom. The molecule has 1 N–H and O–H groups in total. The molecule has 0 saturated carbocycles. The third kappa shape index (κ3) is 3.34. The second-order valence-corrected chi connectivity index (χ2v) is 5.24. The molecular formula is C17H20FN. The summed E-state index contributed by atoms with van der Waals surface area (Å²) in [5.74, 6) is -0.198. The fourth-order valence-electron chi connectivity index (χ4n) is 2.37. The van der Waals surface area contributed by atoms with Crippen LogP contribution in [0.25, 0.3) is 0 Å². The van der Waals surface area contributed by atoms with Crippen LogP contribution in [0.5, 0.6) is 0 Å². The van der Waals surface area contributed by atoms with Gasteiger partial charge in [-0.3, -0.25) is 0 Å². The Morgan fingerprint density at radius 2 is 1.68 bits per heavy atom. The van der Waals surface area contributed by atoms with Gasteiger partial charge in [-0.25, -0.2) is 4.39 Å². The summed E-state index contributed by atoms with van der Waals surface area (Å²) in [6, 6.07) is 11.6. The summed E-state index contributed by atoms with van der Waals surface area (Å²) >= 11 is 0. The van der Waals surface area contributed by atoms with E-state index in [1.807, 2.05) is 13.0 Å². The molecule has 2 rings (SSSR count). The molecule has 0 radical (unpaired) electrons. The molecule has 2 aromatic rings. The summed E-state index contributed by atoms with van der Waals surface area (Å²) in [5.41, 5.74) is 5.49. The SMILES string of the molecule is Cc1cc(F)cc(NC(C)c2cc(C)ccc2C)c1. The summed E-state index contributed by atoms with van der Waals surface area (Å²) in [6.07, 6.45) is 0. The third-order valence-corrected chi connectivity index (χ3v) is 3.33. The van der Waals surface area contributed by atoms with E-state index in [1.54, 1.807) is 0 Å². The lowest BCUT2D eigenvalue weighted by Crippen LogP contribution is -2.08. The zero-order valence-corrected chi connectivity index (χ0v) is 11.9. The number of hydrogen-bond acceptors (Lipinski definition) is 1. The zero-order valence-electron chi connectivity index (χ0n) is 11.9. The molecular weight excluding hydrogens is 237 g/mol. The summed E-state index contributed by atoms with van der Waals surface area (Å²) in [4.78, 5) is 0. The number of nitrogens with one attached hydrogen (secondary N) is 1. The van der Waals surface area contributed by atoms with Crippen molar-refractivity contribution in [1.29, 1.82) is 0 Å². The largest absolute Gasteiger partial charge is 0.378 e. The maximum atomic E-state index is 13.4. The summed E-state index contributed by atoms with van der Waals surface area (Å²) in [6.45, 7) is 8.19. The van der Waals surface area contributed by atoms with Crippen LogP contribution in [0.2, 0.25) is 0 Å². The van der Waals surface area contributed by atoms with E-state index >= 15 is 0 Å². The Morgan fingerprint density at radius 1 is 0.947 bits per heavy atom. The van der Waals surface area contributed by atoms with E-state index in [1.165, 1.54) is 28.8 Å². The van der Waals surface area contributed by atoms with Crippen LogP contribution in [-0.4, -0.2) is 0 Å². The van der Waals surface area contributed by atoms with Crippen molar-refractivity contribution in [2.45, 2.75) is 33.7 Å². The fraction of sp³-hybridized carbons (Fsp3) is 0.294. The van der Waals surface area contributed by atoms with Gasteiger partial charge in [-0.1, -0.05) is 23.8 Å². The number of aryl methyl sites for hydroxylation is 3. The molecule has 0 aliphatic rings. The smallest absolute Gasteiger partial charge is 0.125 e. The molecule has 0 aliphatic heterocycles. The van der Waals surface area contributed by atoms with Crippen molar-refractivity contribution in [2.75, 3.05) is 5.32 Å². The maximum Gasteiger partial charge on any atom is 0.125 e. The first-order valence-electron chi connectivity index (χ1n) is 6.56. The molecule has 2 aromatic carbocycles. The standard InChI is InChI=1S/C17H20FN/c1-11-5-6-13(3)17(9-11)14(4)19-16-8-12(2)7-15(18)10-16/h5-10,14,19H,1-4H3. The van der Waals surface area contributed by atoms with E-state index in [9.17, 15) is 4.39 Å². The van der Waals surface area contributed by atoms with Gasteiger partial charge >= 0.3 is 0 Å². The van der Waals surface area contributed by atoms with Gasteiger partial charge in [0.15, 0.2) is 0 Å². The van der Waals surface area contributed by atoms with Crippen LogP contribution in [0.3, 0.4) is 0 Å². The van der Waals surface area contributed by atoms with Crippen molar-refractivity contribution >= 4 is 5.69 Å². The molecule has 1 atom stereocenters. The highest BCUT2D eigenvalue weighted by Crippen LogP contribution is 2.24. The van der Waals surface area contributed by atoms with Crippen molar-refractivity contribution in [1.82, 2.24) is 0 Å². The van der Waals surface area contributed by atoms with Gasteiger partial charge in [0.1, 0.15) is 5.82 Å². The van der Waals surface area contributed by atoms with Gasteiger partial charge in [0, 0.05) is 11.7 Å². The molecule has 0 fully saturated rings. The molecule has 0 heterocycles. The third-order valence-electron chi connectivity index (χ3n) is 3.33. The summed E-state index contributed by atoms with van der Waals surface area (Å²) in [7, 11) is 0. The van der Waals surface area contributed by atoms with Gasteiger partial charge in [0.2, 0.25) is 0 Å². The van der Waals surface area contributed by atoms with Crippen LogP contribution in [0.15, 0.2) is 36.4 Å². The van der Waals surface area contributed by atoms with Gasteiger partial charge in [0.05, 0.1) is 0 Å². The lowest BCUT2D eigenvalue weighted by atomic mass is 9.99. The van der Waals surface area contributed by atoms with Gasteiger partial charge in [-0.2, -0.15) is 0 Å². The van der Waals surface area contributed by atoms with Crippen LogP contribution >= 0.6 is 0 Å². The van der Waals surface area contributed by atoms with E-state index in [0.29, 0.717) is 0 Å². The maximum absolute atomic E-state index is 13.4. The lowest BCUT2D eigenvalue weighted by Gasteiger charge is -2.19. The molecule has 2 heteroatoms. The fourth-order valence-corrected chi connectivity index (χ4v) is 2.37. The Kier molecular flexibility index (Phi) is 3.89. The highest BCUT2D eigenvalue weighted by atomic mass is 19.1. The average Bonchev–Trinajstić information content (AvgIpc) is 2.30. The molecule has 0 spiro atoms. The molecule has 0 bridgehead atoms. The molecule has 0 saturated heterocycles. The monoisotopic (exact) mass is 257 g/mol. The van der Waals surface area contributed by atoms with E-state index in [0.717, 1.165) is 11.3 Å². The predicted octanol–water partition coefficient (Wildman–Crippen LogP) is 4.92. The first kappa shape index (κ1) is 13.6. The van der Waals surface area contributed by atoms with E-state index < -0.39 is 0 Å². The van der Waals surface area contributed by atoms with E-state index in [-0.39, 0.29) is 11.9 Å². The highest BCUT2D eigenvalue weighted by Gasteiger charge is 2.09. The molecule has 0 aliphatic carbocycles. The topological polar surface area (TPSA) is 12.0 Å². The van der Waals surface area contributed by atoms with E-state index in [2.05, 4.69) is 44.3 Å². The van der Waals surface area contributed by atoms with Gasteiger partial charge in [-0.15, -0.1) is 0 Å². The van der Waals surface area contributed by atoms with Crippen LogP contribution in [0.4, 0.5) is 10.1 Å². The van der Waals surface area contributed by atoms with Crippen LogP contribution in [-0.2, 0) is 0 Å². The summed E-state index contributed by atoms with van der Waals surface area (Å²) in [5, 5.41) is 3.37. The zero-order chi connectivity index (χ0) is 14.0. The first-order valence-corrected chi connectivity index (χ1v) is 6.56. The van der Waals surface area contributed by atoms with Crippen molar-refractivity contribution in [3.8, 4) is 0 Å². The van der Waals surface area contributed by atoms with Crippen molar-refractivity contribution < 1.29 is 4.39 Å². The molecule has 1 nitrogen and oxygen atoms in total. The highest BCUT2D eigenvalue weighted by molar-refractivity contribution is 5.49. The van der Waals surface area contributed by atoms with Crippen molar-refractivity contribution in [3.05, 3.63) is 64.5 Å². The lowest BCUT2D eigenvalue weighted by molar-refractivity contribution is 0.626. The minimum absolute atomic E-state index is 0.154. The number of anilines is 1. The second-order valence-electron chi connectivity index (χ2n) is 5.24. The minimum atomic E-state index is -0.198. The van der Waals surface area contributed by atoms with Gasteiger partial charge in [0.25, 0.3) is 0 Å². The second kappa shape index (κ2) is 5.43. The molecule has 0 amide bonds. The normalized spacial score (nSPS) is 12.3. The van der Waals surface area contributed by atoms with Crippen molar-refractivity contribution in [2.24, 2.45) is 0 Å². The minimum Gasteiger partial charge on any atom is -0.378 e. The number of halogens is 1. The number of benzene rings is 2. The Labute approximate surface area is 114 Å². The van der Waals surface area contributed by atoms with Crippen LogP contribution in [0, 0.1) is 26.6 Å². The quantitative estimate of drug-likeness (QED) is 0.822. The summed E-state index contributed by atoms with van der Waals surface area (Å²) < 4.78 is 13.4. The molecule has 1 unspecified atom stereocenters. The van der Waals surface area contributed by atoms with Gasteiger partial charge in [-0.05, 0) is 62.6 Å². The first-order chi connectivity index (χ1) is 8.95. The molecule has 19 heavy (non-hydrogen) atoms.